The van der Waals surface area contributed by atoms with E-state index in [4.69, 9.17) is 9.47 Å². The van der Waals surface area contributed by atoms with Crippen LogP contribution in [-0.4, -0.2) is 43.3 Å². The summed E-state index contributed by atoms with van der Waals surface area (Å²) < 4.78 is 9.94. The molecule has 1 aromatic heterocycles. The first-order valence-electron chi connectivity index (χ1n) is 5.84. The van der Waals surface area contributed by atoms with Crippen molar-refractivity contribution < 1.29 is 14.3 Å². The van der Waals surface area contributed by atoms with Crippen LogP contribution in [0.1, 0.15) is 0 Å². The minimum atomic E-state index is -0.323. The second-order valence-corrected chi connectivity index (χ2v) is 3.85. The van der Waals surface area contributed by atoms with Crippen LogP contribution in [0, 0.1) is 0 Å². The number of aromatic nitrogens is 2. The van der Waals surface area contributed by atoms with Gasteiger partial charge in [-0.15, -0.1) is 0 Å². The maximum absolute atomic E-state index is 11.6. The second-order valence-electron chi connectivity index (χ2n) is 3.85. The zero-order valence-electron chi connectivity index (χ0n) is 10.6. The van der Waals surface area contributed by atoms with Crippen LogP contribution in [0.3, 0.4) is 0 Å². The third kappa shape index (κ3) is 3.94. The summed E-state index contributed by atoms with van der Waals surface area (Å²) in [6, 6.07) is 5.18. The molecule has 2 rings (SSSR count). The van der Waals surface area contributed by atoms with E-state index in [2.05, 4.69) is 20.8 Å². The van der Waals surface area contributed by atoms with Gasteiger partial charge in [-0.05, 0) is 18.2 Å². The summed E-state index contributed by atoms with van der Waals surface area (Å²) in [7, 11) is 1.59. The molecule has 0 bridgehead atoms. The van der Waals surface area contributed by atoms with Crippen LogP contribution >= 0.6 is 0 Å². The highest BCUT2D eigenvalue weighted by Gasteiger charge is 2.02. The van der Waals surface area contributed by atoms with Gasteiger partial charge in [0.2, 0.25) is 0 Å². The molecule has 2 amide bonds. The minimum Gasteiger partial charge on any atom is -0.382 e. The molecule has 102 valence electrons. The number of nitrogens with zero attached hydrogens (tertiary/aromatic N) is 1. The van der Waals surface area contributed by atoms with Crippen LogP contribution in [0.25, 0.3) is 10.9 Å². The second kappa shape index (κ2) is 6.72. The standard InChI is InChI=1S/C12H16N4O3/c1-18-4-5-19-8-13-12(17)15-10-3-2-9-7-14-16-11(9)6-10/h2-3,6-7H,4-5,8H2,1H3,(H,14,16)(H2,13,15,17). The zero-order chi connectivity index (χ0) is 13.5. The minimum absolute atomic E-state index is 0.140. The average Bonchev–Trinajstić information content (AvgIpc) is 2.86. The van der Waals surface area contributed by atoms with E-state index in [0.29, 0.717) is 18.9 Å². The number of benzene rings is 1. The molecule has 0 atom stereocenters. The topological polar surface area (TPSA) is 88.3 Å². The van der Waals surface area contributed by atoms with Gasteiger partial charge in [-0.3, -0.25) is 5.10 Å². The molecule has 0 saturated heterocycles. The lowest BCUT2D eigenvalue weighted by Gasteiger charge is -2.08. The predicted molar refractivity (Wildman–Crippen MR) is 70.9 cm³/mol. The van der Waals surface area contributed by atoms with Gasteiger partial charge in [0.25, 0.3) is 0 Å². The van der Waals surface area contributed by atoms with E-state index in [9.17, 15) is 4.79 Å². The molecule has 2 aromatic rings. The molecule has 0 aliphatic rings. The van der Waals surface area contributed by atoms with Crippen molar-refractivity contribution in [1.29, 1.82) is 0 Å². The monoisotopic (exact) mass is 264 g/mol. The molecular weight excluding hydrogens is 248 g/mol. The molecule has 0 unspecified atom stereocenters. The number of carbonyl (C=O) groups excluding carboxylic acids is 1. The number of amides is 2. The molecule has 7 heteroatoms. The van der Waals surface area contributed by atoms with E-state index >= 15 is 0 Å². The van der Waals surface area contributed by atoms with Gasteiger partial charge in [0, 0.05) is 18.2 Å². The van der Waals surface area contributed by atoms with Gasteiger partial charge in [-0.25, -0.2) is 4.79 Å². The van der Waals surface area contributed by atoms with Crippen molar-refractivity contribution in [3.8, 4) is 0 Å². The van der Waals surface area contributed by atoms with E-state index in [1.807, 2.05) is 18.2 Å². The molecule has 0 aliphatic heterocycles. The Morgan fingerprint density at radius 1 is 1.42 bits per heavy atom. The summed E-state index contributed by atoms with van der Waals surface area (Å²) >= 11 is 0. The number of carbonyl (C=O) groups is 1. The number of hydrogen-bond acceptors (Lipinski definition) is 4. The number of methoxy groups -OCH3 is 1. The summed E-state index contributed by atoms with van der Waals surface area (Å²) in [6.07, 6.45) is 1.73. The molecule has 1 aromatic carbocycles. The molecule has 19 heavy (non-hydrogen) atoms. The normalized spacial score (nSPS) is 10.6. The van der Waals surface area contributed by atoms with E-state index in [0.717, 1.165) is 10.9 Å². The number of hydrogen-bond donors (Lipinski definition) is 3. The quantitative estimate of drug-likeness (QED) is 0.542. The fraction of sp³-hybridized carbons (Fsp3) is 0.333. The first-order valence-corrected chi connectivity index (χ1v) is 5.84. The zero-order valence-corrected chi connectivity index (χ0v) is 10.6. The Balaban J connectivity index is 1.78. The molecule has 1 heterocycles. The van der Waals surface area contributed by atoms with E-state index < -0.39 is 0 Å². The molecular formula is C12H16N4O3. The van der Waals surface area contributed by atoms with Gasteiger partial charge in [0.15, 0.2) is 0 Å². The number of anilines is 1. The van der Waals surface area contributed by atoms with E-state index in [-0.39, 0.29) is 12.8 Å². The van der Waals surface area contributed by atoms with Gasteiger partial charge in [0.05, 0.1) is 24.9 Å². The molecule has 0 fully saturated rings. The highest BCUT2D eigenvalue weighted by atomic mass is 16.5. The summed E-state index contributed by atoms with van der Waals surface area (Å²) in [6.45, 7) is 1.08. The van der Waals surface area contributed by atoms with Crippen LogP contribution < -0.4 is 10.6 Å². The maximum atomic E-state index is 11.6. The Labute approximate surface area is 110 Å². The van der Waals surface area contributed by atoms with Crippen LogP contribution in [0.2, 0.25) is 0 Å². The predicted octanol–water partition coefficient (Wildman–Crippen LogP) is 1.30. The summed E-state index contributed by atoms with van der Waals surface area (Å²) in [5.41, 5.74) is 1.56. The maximum Gasteiger partial charge on any atom is 0.321 e. The fourth-order valence-corrected chi connectivity index (χ4v) is 1.52. The lowest BCUT2D eigenvalue weighted by Crippen LogP contribution is -2.31. The summed E-state index contributed by atoms with van der Waals surface area (Å²) in [4.78, 5) is 11.6. The van der Waals surface area contributed by atoms with Crippen molar-refractivity contribution in [3.63, 3.8) is 0 Å². The van der Waals surface area contributed by atoms with Crippen LogP contribution in [-0.2, 0) is 9.47 Å². The Hall–Kier alpha value is -2.12. The molecule has 0 spiro atoms. The Kier molecular flexibility index (Phi) is 4.71. The Bertz CT molecular complexity index is 541. The average molecular weight is 264 g/mol. The number of ether oxygens (including phenoxy) is 2. The first-order chi connectivity index (χ1) is 9.29. The highest BCUT2D eigenvalue weighted by molar-refractivity contribution is 5.92. The van der Waals surface area contributed by atoms with E-state index in [1.54, 1.807) is 13.3 Å². The summed E-state index contributed by atoms with van der Waals surface area (Å²) in [5.74, 6) is 0. The first kappa shape index (κ1) is 13.3. The van der Waals surface area contributed by atoms with Crippen LogP contribution in [0.15, 0.2) is 24.4 Å². The number of urea groups is 1. The fourth-order valence-electron chi connectivity index (χ4n) is 1.52. The lowest BCUT2D eigenvalue weighted by atomic mass is 10.2. The SMILES string of the molecule is COCCOCNC(=O)Nc1ccc2cn[nH]c2c1. The molecule has 3 N–H and O–H groups in total. The van der Waals surface area contributed by atoms with Gasteiger partial charge in [-0.2, -0.15) is 5.10 Å². The number of aromatic amines is 1. The smallest absolute Gasteiger partial charge is 0.321 e. The molecule has 7 nitrogen and oxygen atoms in total. The third-order valence-corrected chi connectivity index (χ3v) is 2.47. The van der Waals surface area contributed by atoms with Crippen LogP contribution in [0.5, 0.6) is 0 Å². The Morgan fingerprint density at radius 3 is 3.16 bits per heavy atom. The number of rotatable bonds is 6. The number of H-pyrrole nitrogens is 1. The van der Waals surface area contributed by atoms with Gasteiger partial charge in [0.1, 0.15) is 6.73 Å². The van der Waals surface area contributed by atoms with Crippen molar-refractivity contribution in [2.45, 2.75) is 0 Å². The third-order valence-electron chi connectivity index (χ3n) is 2.47. The Morgan fingerprint density at radius 2 is 2.32 bits per heavy atom. The van der Waals surface area contributed by atoms with Crippen molar-refractivity contribution in [3.05, 3.63) is 24.4 Å². The van der Waals surface area contributed by atoms with Gasteiger partial charge >= 0.3 is 6.03 Å². The van der Waals surface area contributed by atoms with Crippen molar-refractivity contribution in [2.75, 3.05) is 32.4 Å². The van der Waals surface area contributed by atoms with Gasteiger partial charge < -0.3 is 20.1 Å². The van der Waals surface area contributed by atoms with Crippen molar-refractivity contribution in [2.24, 2.45) is 0 Å². The largest absolute Gasteiger partial charge is 0.382 e. The summed E-state index contributed by atoms with van der Waals surface area (Å²) in [5, 5.41) is 13.0. The van der Waals surface area contributed by atoms with Gasteiger partial charge in [-0.1, -0.05) is 0 Å². The lowest BCUT2D eigenvalue weighted by molar-refractivity contribution is 0.0650. The molecule has 0 saturated carbocycles. The molecule has 0 radical (unpaired) electrons. The van der Waals surface area contributed by atoms with Crippen LogP contribution in [0.4, 0.5) is 10.5 Å². The molecule has 0 aliphatic carbocycles. The highest BCUT2D eigenvalue weighted by Crippen LogP contribution is 2.16. The van der Waals surface area contributed by atoms with E-state index in [1.165, 1.54) is 0 Å². The van der Waals surface area contributed by atoms with Crippen molar-refractivity contribution >= 4 is 22.6 Å². The number of nitrogens with one attached hydrogen (secondary N) is 3. The van der Waals surface area contributed by atoms with Crippen molar-refractivity contribution in [1.82, 2.24) is 15.5 Å². The number of fused-ring (bicyclic) bond motifs is 1.